The molecule has 1 fully saturated rings. The van der Waals surface area contributed by atoms with Gasteiger partial charge in [0, 0.05) is 31.2 Å². The molecule has 3 heterocycles. The van der Waals surface area contributed by atoms with Gasteiger partial charge in [-0.3, -0.25) is 9.20 Å². The largest absolute Gasteiger partial charge is 0.352 e. The first kappa shape index (κ1) is 15.0. The summed E-state index contributed by atoms with van der Waals surface area (Å²) in [5.74, 6) is 1.28. The van der Waals surface area contributed by atoms with Crippen LogP contribution in [0, 0.1) is 0 Å². The van der Waals surface area contributed by atoms with Gasteiger partial charge in [0.2, 0.25) is 0 Å². The van der Waals surface area contributed by atoms with E-state index in [9.17, 15) is 4.79 Å². The topological polar surface area (TPSA) is 62.5 Å². The molecular formula is C16H23N5O. The van der Waals surface area contributed by atoms with E-state index in [0.717, 1.165) is 31.0 Å². The molecule has 0 saturated carbocycles. The van der Waals surface area contributed by atoms with Crippen molar-refractivity contribution >= 4 is 11.6 Å². The predicted octanol–water partition coefficient (Wildman–Crippen LogP) is 1.68. The van der Waals surface area contributed by atoms with Crippen LogP contribution >= 0.6 is 0 Å². The van der Waals surface area contributed by atoms with Crippen LogP contribution in [0.1, 0.15) is 49.3 Å². The number of carbonyl (C=O) groups excluding carboxylic acids is 1. The van der Waals surface area contributed by atoms with Crippen LogP contribution in [0.4, 0.5) is 0 Å². The number of hydrogen-bond acceptors (Lipinski definition) is 4. The monoisotopic (exact) mass is 301 g/mol. The van der Waals surface area contributed by atoms with Crippen LogP contribution in [-0.2, 0) is 0 Å². The number of likely N-dealkylation sites (tertiary alicyclic amines) is 1. The second-order valence-corrected chi connectivity index (χ2v) is 6.14. The Morgan fingerprint density at radius 3 is 2.91 bits per heavy atom. The molecule has 118 valence electrons. The fraction of sp³-hybridized carbons (Fsp3) is 0.562. The van der Waals surface area contributed by atoms with Gasteiger partial charge in [-0.2, -0.15) is 0 Å². The summed E-state index contributed by atoms with van der Waals surface area (Å²) in [6, 6.07) is 4.21. The minimum absolute atomic E-state index is 0.0562. The van der Waals surface area contributed by atoms with Crippen molar-refractivity contribution < 1.29 is 4.79 Å². The van der Waals surface area contributed by atoms with Crippen molar-refractivity contribution in [2.45, 2.75) is 39.2 Å². The zero-order chi connectivity index (χ0) is 15.7. The van der Waals surface area contributed by atoms with Crippen molar-refractivity contribution in [3.63, 3.8) is 0 Å². The molecule has 1 atom stereocenters. The van der Waals surface area contributed by atoms with Gasteiger partial charge in [0.25, 0.3) is 5.91 Å². The van der Waals surface area contributed by atoms with Gasteiger partial charge in [-0.1, -0.05) is 0 Å². The van der Waals surface area contributed by atoms with Gasteiger partial charge in [-0.05, 0) is 45.9 Å². The Hall–Kier alpha value is -1.95. The van der Waals surface area contributed by atoms with E-state index in [0.29, 0.717) is 24.1 Å². The van der Waals surface area contributed by atoms with E-state index in [2.05, 4.69) is 34.3 Å². The van der Waals surface area contributed by atoms with Crippen molar-refractivity contribution in [3.05, 3.63) is 29.7 Å². The molecule has 1 saturated heterocycles. The molecule has 1 amide bonds. The van der Waals surface area contributed by atoms with Crippen LogP contribution in [0.2, 0.25) is 0 Å². The Balaban J connectivity index is 1.90. The van der Waals surface area contributed by atoms with Crippen molar-refractivity contribution in [1.82, 2.24) is 24.8 Å². The summed E-state index contributed by atoms with van der Waals surface area (Å²) in [4.78, 5) is 14.5. The first-order valence-corrected chi connectivity index (χ1v) is 7.97. The molecule has 1 aliphatic heterocycles. The van der Waals surface area contributed by atoms with E-state index in [-0.39, 0.29) is 5.91 Å². The lowest BCUT2D eigenvalue weighted by Gasteiger charge is -2.19. The number of pyridine rings is 1. The lowest BCUT2D eigenvalue weighted by Crippen LogP contribution is -2.28. The fourth-order valence-corrected chi connectivity index (χ4v) is 3.05. The summed E-state index contributed by atoms with van der Waals surface area (Å²) in [5.41, 5.74) is 1.44. The summed E-state index contributed by atoms with van der Waals surface area (Å²) >= 11 is 0. The molecule has 1 unspecified atom stereocenters. The number of hydrogen-bond donors (Lipinski definition) is 1. The molecule has 1 N–H and O–H groups in total. The van der Waals surface area contributed by atoms with Crippen LogP contribution in [-0.4, -0.2) is 51.1 Å². The van der Waals surface area contributed by atoms with Crippen molar-refractivity contribution in [2.24, 2.45) is 0 Å². The molecule has 6 nitrogen and oxygen atoms in total. The third-order valence-electron chi connectivity index (χ3n) is 4.34. The molecule has 0 radical (unpaired) electrons. The molecule has 6 heteroatoms. The van der Waals surface area contributed by atoms with Crippen LogP contribution in [0.25, 0.3) is 5.65 Å². The van der Waals surface area contributed by atoms with Gasteiger partial charge in [0.05, 0.1) is 5.56 Å². The van der Waals surface area contributed by atoms with Crippen LogP contribution in [0.3, 0.4) is 0 Å². The molecule has 0 bridgehead atoms. The number of nitrogens with zero attached hydrogens (tertiary/aromatic N) is 4. The minimum Gasteiger partial charge on any atom is -0.352 e. The highest BCUT2D eigenvalue weighted by molar-refractivity contribution is 5.94. The Kier molecular flexibility index (Phi) is 4.11. The van der Waals surface area contributed by atoms with Gasteiger partial charge < -0.3 is 10.2 Å². The SMILES string of the molecule is CCNC(=O)c1ccc2nnc(C3CCN(C(C)C)C3)n2c1. The quantitative estimate of drug-likeness (QED) is 0.933. The Labute approximate surface area is 130 Å². The van der Waals surface area contributed by atoms with Crippen molar-refractivity contribution in [3.8, 4) is 0 Å². The van der Waals surface area contributed by atoms with Crippen molar-refractivity contribution in [2.75, 3.05) is 19.6 Å². The fourth-order valence-electron chi connectivity index (χ4n) is 3.05. The van der Waals surface area contributed by atoms with E-state index in [1.165, 1.54) is 0 Å². The molecule has 0 aliphatic carbocycles. The Morgan fingerprint density at radius 2 is 2.23 bits per heavy atom. The standard InChI is InChI=1S/C16H23N5O/c1-4-17-16(22)13-5-6-14-18-19-15(21(14)10-13)12-7-8-20(9-12)11(2)3/h5-6,10-12H,4,7-9H2,1-3H3,(H,17,22). The summed E-state index contributed by atoms with van der Waals surface area (Å²) in [6.07, 6.45) is 2.94. The van der Waals surface area contributed by atoms with Gasteiger partial charge in [-0.15, -0.1) is 10.2 Å². The van der Waals surface area contributed by atoms with Gasteiger partial charge >= 0.3 is 0 Å². The zero-order valence-corrected chi connectivity index (χ0v) is 13.4. The third kappa shape index (κ3) is 2.70. The van der Waals surface area contributed by atoms with Crippen molar-refractivity contribution in [1.29, 1.82) is 0 Å². The number of amides is 1. The first-order valence-electron chi connectivity index (χ1n) is 7.97. The Bertz CT molecular complexity index is 678. The van der Waals surface area contributed by atoms with E-state index < -0.39 is 0 Å². The second kappa shape index (κ2) is 6.04. The number of carbonyl (C=O) groups is 1. The molecule has 2 aromatic heterocycles. The summed E-state index contributed by atoms with van der Waals surface area (Å²) in [7, 11) is 0. The summed E-state index contributed by atoms with van der Waals surface area (Å²) in [5, 5.41) is 11.4. The maximum absolute atomic E-state index is 12.0. The second-order valence-electron chi connectivity index (χ2n) is 6.14. The highest BCUT2D eigenvalue weighted by Crippen LogP contribution is 2.27. The normalized spacial score (nSPS) is 19.2. The molecular weight excluding hydrogens is 278 g/mol. The van der Waals surface area contributed by atoms with E-state index in [4.69, 9.17) is 0 Å². The third-order valence-corrected chi connectivity index (χ3v) is 4.34. The molecule has 0 spiro atoms. The maximum atomic E-state index is 12.0. The van der Waals surface area contributed by atoms with E-state index >= 15 is 0 Å². The first-order chi connectivity index (χ1) is 10.6. The van der Waals surface area contributed by atoms with Gasteiger partial charge in [-0.25, -0.2) is 0 Å². The van der Waals surface area contributed by atoms with E-state index in [1.54, 1.807) is 6.07 Å². The highest BCUT2D eigenvalue weighted by Gasteiger charge is 2.28. The smallest absolute Gasteiger partial charge is 0.252 e. The molecule has 22 heavy (non-hydrogen) atoms. The predicted molar refractivity (Wildman–Crippen MR) is 85.1 cm³/mol. The summed E-state index contributed by atoms with van der Waals surface area (Å²) < 4.78 is 1.97. The zero-order valence-electron chi connectivity index (χ0n) is 13.4. The average molecular weight is 301 g/mol. The number of fused-ring (bicyclic) bond motifs is 1. The van der Waals surface area contributed by atoms with Crippen LogP contribution in [0.15, 0.2) is 18.3 Å². The van der Waals surface area contributed by atoms with Crippen LogP contribution < -0.4 is 5.32 Å². The van der Waals surface area contributed by atoms with E-state index in [1.807, 2.05) is 23.6 Å². The number of aromatic nitrogens is 3. The average Bonchev–Trinajstić information content (AvgIpc) is 3.13. The molecule has 0 aromatic carbocycles. The van der Waals surface area contributed by atoms with Crippen LogP contribution in [0.5, 0.6) is 0 Å². The molecule has 3 rings (SSSR count). The van der Waals surface area contributed by atoms with Gasteiger partial charge in [0.15, 0.2) is 5.65 Å². The number of nitrogens with one attached hydrogen (secondary N) is 1. The highest BCUT2D eigenvalue weighted by atomic mass is 16.1. The van der Waals surface area contributed by atoms with Gasteiger partial charge in [0.1, 0.15) is 5.82 Å². The summed E-state index contributed by atoms with van der Waals surface area (Å²) in [6.45, 7) is 9.07. The number of rotatable bonds is 4. The minimum atomic E-state index is -0.0562. The molecule has 2 aromatic rings. The lowest BCUT2D eigenvalue weighted by atomic mass is 10.1. The lowest BCUT2D eigenvalue weighted by molar-refractivity contribution is 0.0955. The molecule has 1 aliphatic rings. The Morgan fingerprint density at radius 1 is 1.41 bits per heavy atom. The maximum Gasteiger partial charge on any atom is 0.252 e.